The fraction of sp³-hybridized carbons (Fsp3) is 0.889. The summed E-state index contributed by atoms with van der Waals surface area (Å²) >= 11 is 0. The molecule has 3 unspecified atom stereocenters. The van der Waals surface area contributed by atoms with Crippen LogP contribution < -0.4 is 10.2 Å². The molecule has 0 fully saturated rings. The largest absolute Gasteiger partial charge is 0.756 e. The molecule has 0 saturated heterocycles. The second-order valence-electron chi connectivity index (χ2n) is 22.8. The van der Waals surface area contributed by atoms with E-state index in [0.717, 1.165) is 44.9 Å². The Balaban J connectivity index is 4.09. The van der Waals surface area contributed by atoms with Crippen molar-refractivity contribution in [1.29, 1.82) is 0 Å². The Morgan fingerprint density at radius 2 is 0.806 bits per heavy atom. The minimum absolute atomic E-state index is 0.00137. The molecule has 8 nitrogen and oxygen atoms in total. The highest BCUT2D eigenvalue weighted by Gasteiger charge is 2.23. The van der Waals surface area contributed by atoms with Gasteiger partial charge in [-0.2, -0.15) is 0 Å². The molecule has 0 spiro atoms. The van der Waals surface area contributed by atoms with Crippen molar-refractivity contribution in [3.63, 3.8) is 0 Å². The average Bonchev–Trinajstić information content (AvgIpc) is 3.34. The molecule has 3 atom stereocenters. The second kappa shape index (κ2) is 54.5. The van der Waals surface area contributed by atoms with Gasteiger partial charge in [-0.25, -0.2) is 0 Å². The van der Waals surface area contributed by atoms with Gasteiger partial charge in [-0.3, -0.25) is 9.36 Å². The maximum absolute atomic E-state index is 13.0. The number of carbonyl (C=O) groups excluding carboxylic acids is 1. The van der Waals surface area contributed by atoms with Gasteiger partial charge in [-0.1, -0.05) is 288 Å². The molecule has 0 heterocycles. The first-order chi connectivity index (χ1) is 35.0. The number of hydrogen-bond donors (Lipinski definition) is 2. The van der Waals surface area contributed by atoms with Gasteiger partial charge in [0.15, 0.2) is 0 Å². The Kier molecular flexibility index (Phi) is 53.5. The first-order valence-corrected chi connectivity index (χ1v) is 32.8. The fourth-order valence-corrected chi connectivity index (χ4v) is 10.1. The zero-order valence-electron chi connectivity index (χ0n) is 48.6. The smallest absolute Gasteiger partial charge is 0.268 e. The van der Waals surface area contributed by atoms with Crippen LogP contribution in [0, 0.1) is 0 Å². The number of hydrogen-bond acceptors (Lipinski definition) is 6. The summed E-state index contributed by atoms with van der Waals surface area (Å²) in [4.78, 5) is 25.5. The van der Waals surface area contributed by atoms with Crippen molar-refractivity contribution in [3.8, 4) is 0 Å². The molecule has 0 radical (unpaired) electrons. The summed E-state index contributed by atoms with van der Waals surface area (Å²) in [6.45, 7) is 4.66. The number of carbonyl (C=O) groups is 1. The lowest BCUT2D eigenvalue weighted by atomic mass is 10.0. The number of allylic oxidation sites excluding steroid dienone is 5. The molecule has 72 heavy (non-hydrogen) atoms. The maximum atomic E-state index is 13.0. The number of rotatable bonds is 58. The van der Waals surface area contributed by atoms with Crippen LogP contribution in [0.15, 0.2) is 36.5 Å². The van der Waals surface area contributed by atoms with Gasteiger partial charge in [0.25, 0.3) is 7.82 Å². The van der Waals surface area contributed by atoms with Crippen molar-refractivity contribution in [2.24, 2.45) is 0 Å². The number of aliphatic hydroxyl groups excluding tert-OH is 1. The number of phosphoric acid groups is 1. The first kappa shape index (κ1) is 70.7. The van der Waals surface area contributed by atoms with Crippen LogP contribution in [-0.4, -0.2) is 68.5 Å². The lowest BCUT2D eigenvalue weighted by Crippen LogP contribution is -2.45. The van der Waals surface area contributed by atoms with Crippen molar-refractivity contribution < 1.29 is 32.9 Å². The second-order valence-corrected chi connectivity index (χ2v) is 24.2. The predicted octanol–water partition coefficient (Wildman–Crippen LogP) is 18.7. The maximum Gasteiger partial charge on any atom is 0.268 e. The van der Waals surface area contributed by atoms with Crippen LogP contribution in [0.3, 0.4) is 0 Å². The molecular weight excluding hydrogens is 912 g/mol. The van der Waals surface area contributed by atoms with Gasteiger partial charge >= 0.3 is 0 Å². The van der Waals surface area contributed by atoms with Crippen molar-refractivity contribution in [3.05, 3.63) is 36.5 Å². The standard InChI is InChI=1S/C63H123N2O6P/c1-6-8-10-12-14-16-18-20-22-24-26-27-28-29-30-31-32-33-34-35-36-37-39-40-42-44-46-48-50-52-54-56-62(66)61(60-71-72(68,69)70-59-58-65(3,4)5)64-63(67)57-55-53-51-49-47-45-43-41-38-25-23-21-19-17-15-13-11-9-7-2/h15,17,21,23,54,56,61-62,66H,6-14,16,18-20,22,24-53,55,57-60H2,1-5H3,(H-,64,67,68,69)/b17-15-,23-21-,56-54+. The molecule has 9 heteroatoms. The topological polar surface area (TPSA) is 108 Å². The molecule has 0 aliphatic rings. The van der Waals surface area contributed by atoms with Crippen LogP contribution in [-0.2, 0) is 18.4 Å². The number of quaternary nitrogens is 1. The Morgan fingerprint density at radius 1 is 0.486 bits per heavy atom. The number of aliphatic hydroxyl groups is 1. The summed E-state index contributed by atoms with van der Waals surface area (Å²) in [5.41, 5.74) is 0. The number of nitrogens with one attached hydrogen (secondary N) is 1. The summed E-state index contributed by atoms with van der Waals surface area (Å²) in [6, 6.07) is -0.890. The SMILES string of the molecule is CCCCC/C=C\C/C=C\CCCCCCCCCCCC(=O)NC(COP(=O)([O-])OCC[N+](C)(C)C)C(O)/C=C/CCCCCCCCCCCCCCCCCCCCCCCCCCCCCCC. The summed E-state index contributed by atoms with van der Waals surface area (Å²) in [5, 5.41) is 13.9. The molecule has 426 valence electrons. The molecule has 0 aromatic rings. The van der Waals surface area contributed by atoms with E-state index in [9.17, 15) is 19.4 Å². The molecule has 0 saturated carbocycles. The number of amides is 1. The van der Waals surface area contributed by atoms with Crippen molar-refractivity contribution in [2.75, 3.05) is 40.9 Å². The Morgan fingerprint density at radius 3 is 1.18 bits per heavy atom. The zero-order chi connectivity index (χ0) is 52.7. The van der Waals surface area contributed by atoms with Crippen LogP contribution in [0.5, 0.6) is 0 Å². The number of nitrogens with zero attached hydrogens (tertiary/aromatic N) is 1. The van der Waals surface area contributed by atoms with E-state index in [2.05, 4.69) is 43.5 Å². The molecular formula is C63H123N2O6P. The zero-order valence-corrected chi connectivity index (χ0v) is 49.5. The molecule has 0 aromatic carbocycles. The van der Waals surface area contributed by atoms with Gasteiger partial charge in [0.1, 0.15) is 13.2 Å². The van der Waals surface area contributed by atoms with Gasteiger partial charge in [-0.15, -0.1) is 0 Å². The van der Waals surface area contributed by atoms with E-state index >= 15 is 0 Å². The highest BCUT2D eigenvalue weighted by Crippen LogP contribution is 2.38. The van der Waals surface area contributed by atoms with E-state index in [1.54, 1.807) is 6.08 Å². The lowest BCUT2D eigenvalue weighted by molar-refractivity contribution is -0.870. The molecule has 2 N–H and O–H groups in total. The lowest BCUT2D eigenvalue weighted by Gasteiger charge is -2.29. The first-order valence-electron chi connectivity index (χ1n) is 31.4. The van der Waals surface area contributed by atoms with E-state index < -0.39 is 20.0 Å². The molecule has 1 amide bonds. The van der Waals surface area contributed by atoms with Gasteiger partial charge in [0.2, 0.25) is 5.91 Å². The summed E-state index contributed by atoms with van der Waals surface area (Å²) < 4.78 is 23.4. The quantitative estimate of drug-likeness (QED) is 0.0272. The van der Waals surface area contributed by atoms with Gasteiger partial charge in [0.05, 0.1) is 39.9 Å². The van der Waals surface area contributed by atoms with Crippen LogP contribution in [0.4, 0.5) is 0 Å². The third kappa shape index (κ3) is 56.4. The number of unbranched alkanes of at least 4 members (excludes halogenated alkanes) is 41. The Hall–Kier alpha value is -1.28. The van der Waals surface area contributed by atoms with Gasteiger partial charge in [-0.05, 0) is 51.4 Å². The minimum Gasteiger partial charge on any atom is -0.756 e. The summed E-state index contributed by atoms with van der Waals surface area (Å²) in [5.74, 6) is -0.198. The van der Waals surface area contributed by atoms with E-state index in [0.29, 0.717) is 17.4 Å². The van der Waals surface area contributed by atoms with Crippen molar-refractivity contribution in [1.82, 2.24) is 5.32 Å². The predicted molar refractivity (Wildman–Crippen MR) is 311 cm³/mol. The van der Waals surface area contributed by atoms with Crippen LogP contribution in [0.25, 0.3) is 0 Å². The highest BCUT2D eigenvalue weighted by molar-refractivity contribution is 7.45. The fourth-order valence-electron chi connectivity index (χ4n) is 9.42. The molecule has 0 aromatic heterocycles. The molecule has 0 aliphatic carbocycles. The molecule has 0 rings (SSSR count). The third-order valence-corrected chi connectivity index (χ3v) is 15.3. The number of phosphoric ester groups is 1. The van der Waals surface area contributed by atoms with Crippen molar-refractivity contribution in [2.45, 2.75) is 321 Å². The normalized spacial score (nSPS) is 14.0. The molecule has 0 aliphatic heterocycles. The van der Waals surface area contributed by atoms with Crippen molar-refractivity contribution >= 4 is 13.7 Å². The number of likely N-dealkylation sites (N-methyl/N-ethyl adjacent to an activating group) is 1. The third-order valence-electron chi connectivity index (χ3n) is 14.3. The molecule has 0 bridgehead atoms. The Bertz CT molecular complexity index is 1270. The van der Waals surface area contributed by atoms with E-state index in [1.807, 2.05) is 27.2 Å². The minimum atomic E-state index is -4.60. The highest BCUT2D eigenvalue weighted by atomic mass is 31.2. The summed E-state index contributed by atoms with van der Waals surface area (Å²) in [6.07, 6.45) is 71.0. The van der Waals surface area contributed by atoms with Crippen LogP contribution >= 0.6 is 7.82 Å². The van der Waals surface area contributed by atoms with Crippen LogP contribution in [0.2, 0.25) is 0 Å². The van der Waals surface area contributed by atoms with E-state index in [1.165, 1.54) is 244 Å². The Labute approximate surface area is 448 Å². The monoisotopic (exact) mass is 1030 g/mol. The van der Waals surface area contributed by atoms with Gasteiger partial charge in [0, 0.05) is 6.42 Å². The van der Waals surface area contributed by atoms with E-state index in [4.69, 9.17) is 9.05 Å². The average molecular weight is 1040 g/mol. The van der Waals surface area contributed by atoms with Gasteiger partial charge < -0.3 is 28.8 Å². The summed E-state index contributed by atoms with van der Waals surface area (Å²) in [7, 11) is 1.27. The van der Waals surface area contributed by atoms with Crippen LogP contribution in [0.1, 0.15) is 309 Å². The van der Waals surface area contributed by atoms with E-state index in [-0.39, 0.29) is 19.1 Å².